The first-order valence-corrected chi connectivity index (χ1v) is 6.13. The highest BCUT2D eigenvalue weighted by molar-refractivity contribution is 5.64. The number of pyridine rings is 1. The maximum absolute atomic E-state index is 5.80. The van der Waals surface area contributed by atoms with Gasteiger partial charge in [0.1, 0.15) is 5.82 Å². The van der Waals surface area contributed by atoms with E-state index in [1.165, 1.54) is 12.8 Å². The molecule has 0 amide bonds. The molecule has 0 spiro atoms. The number of aromatic nitrogens is 3. The van der Waals surface area contributed by atoms with E-state index in [4.69, 9.17) is 5.73 Å². The number of anilines is 2. The zero-order valence-electron chi connectivity index (χ0n) is 10.1. The molecule has 5 heteroatoms. The normalized spacial score (nSPS) is 15.0. The van der Waals surface area contributed by atoms with Gasteiger partial charge in [-0.2, -0.15) is 4.98 Å². The Morgan fingerprint density at radius 3 is 2.50 bits per heavy atom. The van der Waals surface area contributed by atoms with Gasteiger partial charge in [0.15, 0.2) is 0 Å². The van der Waals surface area contributed by atoms with Crippen molar-refractivity contribution in [1.29, 1.82) is 0 Å². The van der Waals surface area contributed by atoms with Crippen LogP contribution >= 0.6 is 0 Å². The molecule has 3 heterocycles. The van der Waals surface area contributed by atoms with E-state index < -0.39 is 0 Å². The fourth-order valence-corrected chi connectivity index (χ4v) is 2.23. The Hall–Kier alpha value is -2.17. The monoisotopic (exact) mass is 241 g/mol. The van der Waals surface area contributed by atoms with Gasteiger partial charge in [0.05, 0.1) is 5.69 Å². The van der Waals surface area contributed by atoms with E-state index in [0.29, 0.717) is 5.95 Å². The van der Waals surface area contributed by atoms with Gasteiger partial charge < -0.3 is 10.6 Å². The molecule has 0 bridgehead atoms. The van der Waals surface area contributed by atoms with Crippen molar-refractivity contribution >= 4 is 11.8 Å². The van der Waals surface area contributed by atoms with Crippen molar-refractivity contribution in [3.8, 4) is 11.3 Å². The Morgan fingerprint density at radius 1 is 1.06 bits per heavy atom. The van der Waals surface area contributed by atoms with Crippen molar-refractivity contribution in [2.75, 3.05) is 23.7 Å². The second-order valence-electron chi connectivity index (χ2n) is 4.40. The molecule has 5 nitrogen and oxygen atoms in total. The lowest BCUT2D eigenvalue weighted by Crippen LogP contribution is -2.19. The van der Waals surface area contributed by atoms with E-state index in [1.807, 2.05) is 18.2 Å². The third kappa shape index (κ3) is 2.11. The second-order valence-corrected chi connectivity index (χ2v) is 4.40. The van der Waals surface area contributed by atoms with Crippen LogP contribution in [0.4, 0.5) is 11.8 Å². The summed E-state index contributed by atoms with van der Waals surface area (Å²) in [6.45, 7) is 2.10. The summed E-state index contributed by atoms with van der Waals surface area (Å²) in [4.78, 5) is 14.9. The van der Waals surface area contributed by atoms with Gasteiger partial charge in [-0.1, -0.05) is 0 Å². The topological polar surface area (TPSA) is 67.9 Å². The lowest BCUT2D eigenvalue weighted by Gasteiger charge is -2.17. The molecule has 18 heavy (non-hydrogen) atoms. The standard InChI is InChI=1S/C13H15N5/c14-13-16-11(10-3-5-15-6-4-10)9-12(17-13)18-7-1-2-8-18/h3-6,9H,1-2,7-8H2,(H2,14,16,17). The van der Waals surface area contributed by atoms with E-state index in [0.717, 1.165) is 30.2 Å². The summed E-state index contributed by atoms with van der Waals surface area (Å²) in [6.07, 6.45) is 5.94. The van der Waals surface area contributed by atoms with Crippen LogP contribution in [0.1, 0.15) is 12.8 Å². The van der Waals surface area contributed by atoms with E-state index in [9.17, 15) is 0 Å². The highest BCUT2D eigenvalue weighted by Gasteiger charge is 2.15. The van der Waals surface area contributed by atoms with Gasteiger partial charge in [-0.15, -0.1) is 0 Å². The summed E-state index contributed by atoms with van der Waals surface area (Å²) in [5, 5.41) is 0. The summed E-state index contributed by atoms with van der Waals surface area (Å²) >= 11 is 0. The van der Waals surface area contributed by atoms with Crippen LogP contribution in [0, 0.1) is 0 Å². The molecule has 0 unspecified atom stereocenters. The van der Waals surface area contributed by atoms with Gasteiger partial charge in [0, 0.05) is 37.1 Å². The Balaban J connectivity index is 2.00. The lowest BCUT2D eigenvalue weighted by atomic mass is 10.2. The molecule has 0 aromatic carbocycles. The number of hydrogen-bond acceptors (Lipinski definition) is 5. The quantitative estimate of drug-likeness (QED) is 0.867. The number of nitrogens with two attached hydrogens (primary N) is 1. The minimum Gasteiger partial charge on any atom is -0.368 e. The van der Waals surface area contributed by atoms with Crippen LogP contribution in [0.25, 0.3) is 11.3 Å². The molecule has 1 saturated heterocycles. The Labute approximate surface area is 106 Å². The van der Waals surface area contributed by atoms with Crippen molar-refractivity contribution < 1.29 is 0 Å². The smallest absolute Gasteiger partial charge is 0.222 e. The van der Waals surface area contributed by atoms with Gasteiger partial charge in [-0.05, 0) is 25.0 Å². The second kappa shape index (κ2) is 4.60. The molecule has 1 aliphatic rings. The fourth-order valence-electron chi connectivity index (χ4n) is 2.23. The van der Waals surface area contributed by atoms with Crippen molar-refractivity contribution in [2.45, 2.75) is 12.8 Å². The highest BCUT2D eigenvalue weighted by atomic mass is 15.2. The van der Waals surface area contributed by atoms with Gasteiger partial charge in [-0.3, -0.25) is 4.98 Å². The third-order valence-electron chi connectivity index (χ3n) is 3.14. The van der Waals surface area contributed by atoms with Crippen LogP contribution in [0.3, 0.4) is 0 Å². The predicted molar refractivity (Wildman–Crippen MR) is 71.1 cm³/mol. The molecular formula is C13H15N5. The van der Waals surface area contributed by atoms with Crippen LogP contribution in [0.2, 0.25) is 0 Å². The molecule has 1 fully saturated rings. The SMILES string of the molecule is Nc1nc(-c2ccncc2)cc(N2CCCC2)n1. The maximum Gasteiger partial charge on any atom is 0.222 e. The predicted octanol–water partition coefficient (Wildman–Crippen LogP) is 1.72. The number of nitrogen functional groups attached to an aromatic ring is 1. The maximum atomic E-state index is 5.80. The third-order valence-corrected chi connectivity index (χ3v) is 3.14. The fraction of sp³-hybridized carbons (Fsp3) is 0.308. The van der Waals surface area contributed by atoms with Gasteiger partial charge >= 0.3 is 0 Å². The molecule has 1 aliphatic heterocycles. The highest BCUT2D eigenvalue weighted by Crippen LogP contribution is 2.24. The van der Waals surface area contributed by atoms with Gasteiger partial charge in [0.25, 0.3) is 0 Å². The summed E-state index contributed by atoms with van der Waals surface area (Å²) in [5.74, 6) is 1.25. The molecule has 0 aliphatic carbocycles. The van der Waals surface area contributed by atoms with E-state index in [2.05, 4.69) is 19.9 Å². The first-order valence-electron chi connectivity index (χ1n) is 6.13. The zero-order chi connectivity index (χ0) is 12.4. The molecule has 0 radical (unpaired) electrons. The average molecular weight is 241 g/mol. The van der Waals surface area contributed by atoms with Crippen LogP contribution in [-0.4, -0.2) is 28.0 Å². The summed E-state index contributed by atoms with van der Waals surface area (Å²) < 4.78 is 0. The first-order chi connectivity index (χ1) is 8.83. The van der Waals surface area contributed by atoms with Gasteiger partial charge in [0.2, 0.25) is 5.95 Å². The Kier molecular flexibility index (Phi) is 2.80. The van der Waals surface area contributed by atoms with Crippen molar-refractivity contribution in [2.24, 2.45) is 0 Å². The Morgan fingerprint density at radius 2 is 1.78 bits per heavy atom. The van der Waals surface area contributed by atoms with Gasteiger partial charge in [-0.25, -0.2) is 4.98 Å². The molecule has 3 rings (SSSR count). The number of rotatable bonds is 2. The Bertz CT molecular complexity index is 534. The average Bonchev–Trinajstić information content (AvgIpc) is 2.93. The van der Waals surface area contributed by atoms with Crippen LogP contribution in [0.15, 0.2) is 30.6 Å². The number of hydrogen-bond donors (Lipinski definition) is 1. The van der Waals surface area contributed by atoms with Crippen molar-refractivity contribution in [3.05, 3.63) is 30.6 Å². The summed E-state index contributed by atoms with van der Waals surface area (Å²) in [6, 6.07) is 5.85. The largest absolute Gasteiger partial charge is 0.368 e. The van der Waals surface area contributed by atoms with E-state index >= 15 is 0 Å². The zero-order valence-corrected chi connectivity index (χ0v) is 10.1. The van der Waals surface area contributed by atoms with Crippen molar-refractivity contribution in [1.82, 2.24) is 15.0 Å². The van der Waals surface area contributed by atoms with Crippen LogP contribution in [-0.2, 0) is 0 Å². The van der Waals surface area contributed by atoms with E-state index in [1.54, 1.807) is 12.4 Å². The van der Waals surface area contributed by atoms with Crippen molar-refractivity contribution in [3.63, 3.8) is 0 Å². The molecule has 2 aromatic rings. The minimum atomic E-state index is 0.325. The first kappa shape index (κ1) is 11.0. The summed E-state index contributed by atoms with van der Waals surface area (Å²) in [5.41, 5.74) is 7.67. The molecular weight excluding hydrogens is 226 g/mol. The summed E-state index contributed by atoms with van der Waals surface area (Å²) in [7, 11) is 0. The molecule has 0 atom stereocenters. The minimum absolute atomic E-state index is 0.325. The number of nitrogens with zero attached hydrogens (tertiary/aromatic N) is 4. The molecule has 92 valence electrons. The van der Waals surface area contributed by atoms with Crippen LogP contribution in [0.5, 0.6) is 0 Å². The van der Waals surface area contributed by atoms with Crippen LogP contribution < -0.4 is 10.6 Å². The molecule has 2 N–H and O–H groups in total. The molecule has 0 saturated carbocycles. The molecule has 2 aromatic heterocycles. The van der Waals surface area contributed by atoms with E-state index in [-0.39, 0.29) is 0 Å². The lowest BCUT2D eigenvalue weighted by molar-refractivity contribution is 0.932.